The first-order valence-corrected chi connectivity index (χ1v) is 6.22. The zero-order chi connectivity index (χ0) is 14.2. The summed E-state index contributed by atoms with van der Waals surface area (Å²) in [6.07, 6.45) is 0.922. The number of carbonyl (C=O) groups is 1. The summed E-state index contributed by atoms with van der Waals surface area (Å²) in [5, 5.41) is 21.5. The van der Waals surface area contributed by atoms with Crippen molar-refractivity contribution in [3.05, 3.63) is 23.8 Å². The highest BCUT2D eigenvalue weighted by Gasteiger charge is 2.49. The summed E-state index contributed by atoms with van der Waals surface area (Å²) in [5.41, 5.74) is 0.218. The first-order chi connectivity index (χ1) is 8.86. The van der Waals surface area contributed by atoms with Gasteiger partial charge in [0.1, 0.15) is 0 Å². The number of phenolic OH excluding ortho intramolecular Hbond substituents is 2. The van der Waals surface area contributed by atoms with Gasteiger partial charge in [-0.1, -0.05) is 13.8 Å². The van der Waals surface area contributed by atoms with Crippen molar-refractivity contribution in [2.75, 3.05) is 7.11 Å². The number of hydrogen-bond donors (Lipinski definition) is 3. The van der Waals surface area contributed by atoms with Crippen LogP contribution in [-0.4, -0.2) is 35.4 Å². The van der Waals surface area contributed by atoms with Crippen LogP contribution in [0.15, 0.2) is 18.2 Å². The Labute approximate surface area is 112 Å². The lowest BCUT2D eigenvalue weighted by atomic mass is 9.64. The number of benzene rings is 1. The van der Waals surface area contributed by atoms with E-state index in [-0.39, 0.29) is 35.0 Å². The second-order valence-electron chi connectivity index (χ2n) is 5.51. The van der Waals surface area contributed by atoms with Crippen molar-refractivity contribution in [2.24, 2.45) is 5.41 Å². The van der Waals surface area contributed by atoms with Crippen molar-refractivity contribution >= 4 is 5.91 Å². The largest absolute Gasteiger partial charge is 0.504 e. The molecule has 0 spiro atoms. The number of methoxy groups -OCH3 is 1. The van der Waals surface area contributed by atoms with Crippen molar-refractivity contribution < 1.29 is 19.7 Å². The van der Waals surface area contributed by atoms with Gasteiger partial charge >= 0.3 is 0 Å². The molecule has 5 nitrogen and oxygen atoms in total. The summed E-state index contributed by atoms with van der Waals surface area (Å²) in [6, 6.07) is 4.07. The molecule has 1 aliphatic carbocycles. The molecule has 1 fully saturated rings. The lowest BCUT2D eigenvalue weighted by Crippen LogP contribution is -2.61. The maximum atomic E-state index is 12.0. The van der Waals surface area contributed by atoms with Gasteiger partial charge in [0.15, 0.2) is 11.5 Å². The number of hydrogen-bond acceptors (Lipinski definition) is 4. The predicted molar refractivity (Wildman–Crippen MR) is 70.2 cm³/mol. The van der Waals surface area contributed by atoms with E-state index in [0.29, 0.717) is 5.56 Å². The highest BCUT2D eigenvalue weighted by molar-refractivity contribution is 5.95. The van der Waals surface area contributed by atoms with E-state index in [1.165, 1.54) is 18.2 Å². The van der Waals surface area contributed by atoms with Crippen LogP contribution in [0.25, 0.3) is 0 Å². The molecule has 19 heavy (non-hydrogen) atoms. The molecule has 0 bridgehead atoms. The van der Waals surface area contributed by atoms with Gasteiger partial charge in [-0.2, -0.15) is 0 Å². The van der Waals surface area contributed by atoms with E-state index in [4.69, 9.17) is 4.74 Å². The number of phenols is 2. The van der Waals surface area contributed by atoms with Gasteiger partial charge in [0, 0.05) is 24.1 Å². The molecule has 1 aromatic carbocycles. The quantitative estimate of drug-likeness (QED) is 0.726. The Morgan fingerprint density at radius 2 is 2.05 bits per heavy atom. The van der Waals surface area contributed by atoms with Crippen molar-refractivity contribution in [1.82, 2.24) is 5.32 Å². The molecule has 2 rings (SSSR count). The molecule has 5 heteroatoms. The van der Waals surface area contributed by atoms with Crippen molar-refractivity contribution in [3.63, 3.8) is 0 Å². The van der Waals surface area contributed by atoms with Crippen LogP contribution in [0.2, 0.25) is 0 Å². The molecule has 1 aliphatic rings. The molecule has 0 saturated heterocycles. The molecular weight excluding hydrogens is 246 g/mol. The first kappa shape index (κ1) is 13.7. The van der Waals surface area contributed by atoms with Crippen LogP contribution in [-0.2, 0) is 4.74 Å². The van der Waals surface area contributed by atoms with E-state index in [9.17, 15) is 15.0 Å². The topological polar surface area (TPSA) is 78.8 Å². The number of amides is 1. The Kier molecular flexibility index (Phi) is 3.41. The number of aromatic hydroxyl groups is 2. The normalized spacial score (nSPS) is 24.6. The van der Waals surface area contributed by atoms with E-state index < -0.39 is 0 Å². The van der Waals surface area contributed by atoms with Gasteiger partial charge < -0.3 is 20.3 Å². The van der Waals surface area contributed by atoms with Gasteiger partial charge in [0.05, 0.1) is 6.10 Å². The second kappa shape index (κ2) is 4.74. The fourth-order valence-corrected chi connectivity index (χ4v) is 2.44. The molecular formula is C14H19NO4. The van der Waals surface area contributed by atoms with Crippen LogP contribution in [0.4, 0.5) is 0 Å². The molecule has 1 aromatic rings. The number of ether oxygens (including phenoxy) is 1. The van der Waals surface area contributed by atoms with Gasteiger partial charge in [0.2, 0.25) is 0 Å². The lowest BCUT2D eigenvalue weighted by molar-refractivity contribution is -0.0942. The fourth-order valence-electron chi connectivity index (χ4n) is 2.44. The number of nitrogens with one attached hydrogen (secondary N) is 1. The fraction of sp³-hybridized carbons (Fsp3) is 0.500. The third-order valence-corrected chi connectivity index (χ3v) is 4.01. The zero-order valence-electron chi connectivity index (χ0n) is 11.3. The van der Waals surface area contributed by atoms with Gasteiger partial charge in [-0.15, -0.1) is 0 Å². The highest BCUT2D eigenvalue weighted by atomic mass is 16.5. The maximum Gasteiger partial charge on any atom is 0.251 e. The minimum absolute atomic E-state index is 0.0425. The Morgan fingerprint density at radius 3 is 2.58 bits per heavy atom. The molecule has 1 amide bonds. The summed E-state index contributed by atoms with van der Waals surface area (Å²) in [6.45, 7) is 4.09. The van der Waals surface area contributed by atoms with Crippen LogP contribution in [0.3, 0.4) is 0 Å². The lowest BCUT2D eigenvalue weighted by Gasteiger charge is -2.51. The summed E-state index contributed by atoms with van der Waals surface area (Å²) in [7, 11) is 1.67. The average molecular weight is 265 g/mol. The number of carbonyl (C=O) groups excluding carboxylic acids is 1. The van der Waals surface area contributed by atoms with E-state index in [1.807, 2.05) is 13.8 Å². The Hall–Kier alpha value is -1.75. The van der Waals surface area contributed by atoms with Crippen molar-refractivity contribution in [2.45, 2.75) is 32.4 Å². The summed E-state index contributed by atoms with van der Waals surface area (Å²) in [5.74, 6) is -0.793. The van der Waals surface area contributed by atoms with E-state index in [2.05, 4.69) is 5.32 Å². The molecule has 0 radical (unpaired) electrons. The van der Waals surface area contributed by atoms with Crippen LogP contribution in [0, 0.1) is 5.41 Å². The van der Waals surface area contributed by atoms with E-state index >= 15 is 0 Å². The van der Waals surface area contributed by atoms with Crippen molar-refractivity contribution in [3.8, 4) is 11.5 Å². The van der Waals surface area contributed by atoms with Gasteiger partial charge in [-0.25, -0.2) is 0 Å². The minimum atomic E-state index is -0.296. The maximum absolute atomic E-state index is 12.0. The molecule has 3 N–H and O–H groups in total. The molecule has 0 heterocycles. The summed E-state index contributed by atoms with van der Waals surface area (Å²) < 4.78 is 5.33. The monoisotopic (exact) mass is 265 g/mol. The Balaban J connectivity index is 2.04. The molecule has 2 unspecified atom stereocenters. The molecule has 0 aliphatic heterocycles. The second-order valence-corrected chi connectivity index (χ2v) is 5.51. The Bertz CT molecular complexity index is 498. The summed E-state index contributed by atoms with van der Waals surface area (Å²) in [4.78, 5) is 12.0. The van der Waals surface area contributed by atoms with Crippen LogP contribution < -0.4 is 5.32 Å². The van der Waals surface area contributed by atoms with E-state index in [0.717, 1.165) is 6.42 Å². The van der Waals surface area contributed by atoms with Crippen LogP contribution in [0.5, 0.6) is 11.5 Å². The first-order valence-electron chi connectivity index (χ1n) is 6.22. The minimum Gasteiger partial charge on any atom is -0.504 e. The van der Waals surface area contributed by atoms with Gasteiger partial charge in [0.25, 0.3) is 5.91 Å². The SMILES string of the molecule is COC1CC(NC(=O)c2ccc(O)c(O)c2)C1(C)C. The van der Waals surface area contributed by atoms with Gasteiger partial charge in [-0.05, 0) is 24.6 Å². The molecule has 2 atom stereocenters. The summed E-state index contributed by atoms with van der Waals surface area (Å²) >= 11 is 0. The van der Waals surface area contributed by atoms with Crippen LogP contribution in [0.1, 0.15) is 30.6 Å². The molecule has 0 aromatic heterocycles. The Morgan fingerprint density at radius 1 is 1.37 bits per heavy atom. The molecule has 1 saturated carbocycles. The van der Waals surface area contributed by atoms with E-state index in [1.54, 1.807) is 7.11 Å². The highest BCUT2D eigenvalue weighted by Crippen LogP contribution is 2.42. The van der Waals surface area contributed by atoms with Gasteiger partial charge in [-0.3, -0.25) is 4.79 Å². The standard InChI is InChI=1S/C14H19NO4/c1-14(2)11(7-12(14)19-3)15-13(18)8-4-5-9(16)10(17)6-8/h4-6,11-12,16-17H,7H2,1-3H3,(H,15,18). The zero-order valence-corrected chi connectivity index (χ0v) is 11.3. The average Bonchev–Trinajstić information content (AvgIpc) is 2.36. The smallest absolute Gasteiger partial charge is 0.251 e. The van der Waals surface area contributed by atoms with Crippen molar-refractivity contribution in [1.29, 1.82) is 0 Å². The third-order valence-electron chi connectivity index (χ3n) is 4.01. The number of rotatable bonds is 3. The molecule has 104 valence electrons. The third kappa shape index (κ3) is 2.38. The van der Waals surface area contributed by atoms with Crippen LogP contribution >= 0.6 is 0 Å². The predicted octanol–water partition coefficient (Wildman–Crippen LogP) is 1.64.